The Balaban J connectivity index is 1.46. The molecule has 3 rings (SSSR count). The zero-order chi connectivity index (χ0) is 22.4. The zero-order valence-electron chi connectivity index (χ0n) is 17.8. The van der Waals surface area contributed by atoms with Crippen molar-refractivity contribution in [2.75, 3.05) is 20.2 Å². The van der Waals surface area contributed by atoms with Gasteiger partial charge in [-0.3, -0.25) is 4.79 Å². The second-order valence-electron chi connectivity index (χ2n) is 8.28. The number of rotatable bonds is 5. The standard InChI is InChI=1S/C22H30F3N3O3/c1-31-18-8-7-16(19(13-18)22(23,24)25)14-26-21(30)27-17-9-11-28(12-10-17)20(29)15-5-3-2-4-6-15/h7-8,13,15,17H,2-6,9-12,14H2,1H3,(H2,26,27,30). The third-order valence-corrected chi connectivity index (χ3v) is 6.16. The van der Waals surface area contributed by atoms with Gasteiger partial charge in [-0.15, -0.1) is 0 Å². The number of nitrogens with one attached hydrogen (secondary N) is 2. The van der Waals surface area contributed by atoms with E-state index in [1.54, 1.807) is 0 Å². The first kappa shape index (κ1) is 23.2. The Bertz CT molecular complexity index is 771. The number of carbonyl (C=O) groups is 2. The van der Waals surface area contributed by atoms with Gasteiger partial charge in [-0.25, -0.2) is 4.79 Å². The molecule has 0 unspecified atom stereocenters. The van der Waals surface area contributed by atoms with E-state index in [2.05, 4.69) is 10.6 Å². The van der Waals surface area contributed by atoms with Gasteiger partial charge in [0, 0.05) is 31.6 Å². The summed E-state index contributed by atoms with van der Waals surface area (Å²) in [4.78, 5) is 26.7. The van der Waals surface area contributed by atoms with Gasteiger partial charge in [0.25, 0.3) is 0 Å². The quantitative estimate of drug-likeness (QED) is 0.723. The minimum absolute atomic E-state index is 0.0312. The molecule has 3 amide bonds. The molecular weight excluding hydrogens is 411 g/mol. The first-order valence-electron chi connectivity index (χ1n) is 10.8. The summed E-state index contributed by atoms with van der Waals surface area (Å²) in [6.45, 7) is 0.942. The molecule has 9 heteroatoms. The fraction of sp³-hybridized carbons (Fsp3) is 0.636. The highest BCUT2D eigenvalue weighted by molar-refractivity contribution is 5.79. The van der Waals surface area contributed by atoms with Crippen LogP contribution in [0.15, 0.2) is 18.2 Å². The molecule has 0 spiro atoms. The largest absolute Gasteiger partial charge is 0.497 e. The molecule has 1 aromatic carbocycles. The summed E-state index contributed by atoms with van der Waals surface area (Å²) in [6.07, 6.45) is 2.09. The Labute approximate surface area is 180 Å². The van der Waals surface area contributed by atoms with Crippen molar-refractivity contribution < 1.29 is 27.5 Å². The third kappa shape index (κ3) is 6.27. The fourth-order valence-corrected chi connectivity index (χ4v) is 4.36. The highest BCUT2D eigenvalue weighted by Gasteiger charge is 2.34. The number of hydrogen-bond acceptors (Lipinski definition) is 3. The normalized spacial score (nSPS) is 18.5. The van der Waals surface area contributed by atoms with Gasteiger partial charge in [0.2, 0.25) is 5.91 Å². The molecule has 1 aliphatic heterocycles. The van der Waals surface area contributed by atoms with Crippen LogP contribution < -0.4 is 15.4 Å². The zero-order valence-corrected chi connectivity index (χ0v) is 17.8. The van der Waals surface area contributed by atoms with Crippen molar-refractivity contribution in [2.24, 2.45) is 5.92 Å². The Morgan fingerprint density at radius 1 is 1.10 bits per heavy atom. The van der Waals surface area contributed by atoms with Crippen LogP contribution in [-0.4, -0.2) is 43.1 Å². The molecule has 31 heavy (non-hydrogen) atoms. The molecule has 0 atom stereocenters. The number of amides is 3. The molecule has 0 bridgehead atoms. The molecule has 1 heterocycles. The van der Waals surface area contributed by atoms with Crippen molar-refractivity contribution in [3.63, 3.8) is 0 Å². The van der Waals surface area contributed by atoms with E-state index in [1.165, 1.54) is 25.7 Å². The number of ether oxygens (including phenoxy) is 1. The van der Waals surface area contributed by atoms with E-state index < -0.39 is 17.8 Å². The summed E-state index contributed by atoms with van der Waals surface area (Å²) in [5.74, 6) is 0.464. The molecule has 0 aromatic heterocycles. The minimum atomic E-state index is -4.54. The van der Waals surface area contributed by atoms with E-state index in [-0.39, 0.29) is 35.7 Å². The van der Waals surface area contributed by atoms with Crippen LogP contribution >= 0.6 is 0 Å². The van der Waals surface area contributed by atoms with Gasteiger partial charge in [-0.05, 0) is 43.4 Å². The number of benzene rings is 1. The lowest BCUT2D eigenvalue weighted by atomic mass is 9.87. The molecule has 0 radical (unpaired) electrons. The highest BCUT2D eigenvalue weighted by Crippen LogP contribution is 2.34. The SMILES string of the molecule is COc1ccc(CNC(=O)NC2CCN(C(=O)C3CCCCC3)CC2)c(C(F)(F)F)c1. The second-order valence-corrected chi connectivity index (χ2v) is 8.28. The molecule has 6 nitrogen and oxygen atoms in total. The fourth-order valence-electron chi connectivity index (χ4n) is 4.36. The number of urea groups is 1. The summed E-state index contributed by atoms with van der Waals surface area (Å²) in [6, 6.07) is 3.04. The molecule has 2 N–H and O–H groups in total. The molecular formula is C22H30F3N3O3. The van der Waals surface area contributed by atoms with Gasteiger partial charge in [0.15, 0.2) is 0 Å². The van der Waals surface area contributed by atoms with Gasteiger partial charge in [-0.2, -0.15) is 13.2 Å². The van der Waals surface area contributed by atoms with Gasteiger partial charge < -0.3 is 20.3 Å². The number of halogens is 3. The molecule has 1 aliphatic carbocycles. The average Bonchev–Trinajstić information content (AvgIpc) is 2.77. The lowest BCUT2D eigenvalue weighted by Gasteiger charge is -2.35. The maximum Gasteiger partial charge on any atom is 0.416 e. The van der Waals surface area contributed by atoms with Gasteiger partial charge in [0.1, 0.15) is 5.75 Å². The summed E-state index contributed by atoms with van der Waals surface area (Å²) in [5.41, 5.74) is -0.863. The summed E-state index contributed by atoms with van der Waals surface area (Å²) in [7, 11) is 1.30. The Morgan fingerprint density at radius 3 is 2.39 bits per heavy atom. The number of methoxy groups -OCH3 is 1. The Hall–Kier alpha value is -2.45. The number of nitrogens with zero attached hydrogens (tertiary/aromatic N) is 1. The van der Waals surface area contributed by atoms with Crippen molar-refractivity contribution in [3.8, 4) is 5.75 Å². The van der Waals surface area contributed by atoms with Crippen molar-refractivity contribution in [1.82, 2.24) is 15.5 Å². The van der Waals surface area contributed by atoms with Gasteiger partial charge >= 0.3 is 12.2 Å². The van der Waals surface area contributed by atoms with Gasteiger partial charge in [0.05, 0.1) is 12.7 Å². The molecule has 1 saturated carbocycles. The van der Waals surface area contributed by atoms with Crippen molar-refractivity contribution in [2.45, 2.75) is 63.7 Å². The molecule has 2 fully saturated rings. The van der Waals surface area contributed by atoms with Crippen LogP contribution in [0.25, 0.3) is 0 Å². The van der Waals surface area contributed by atoms with Crippen LogP contribution in [0, 0.1) is 5.92 Å². The lowest BCUT2D eigenvalue weighted by Crippen LogP contribution is -2.50. The number of piperidine rings is 1. The summed E-state index contributed by atoms with van der Waals surface area (Å²) in [5, 5.41) is 5.33. The molecule has 1 aromatic rings. The monoisotopic (exact) mass is 441 g/mol. The van der Waals surface area contributed by atoms with Crippen LogP contribution in [-0.2, 0) is 17.5 Å². The van der Waals surface area contributed by atoms with Crippen LogP contribution in [0.1, 0.15) is 56.1 Å². The van der Waals surface area contributed by atoms with Gasteiger partial charge in [-0.1, -0.05) is 25.3 Å². The Morgan fingerprint density at radius 2 is 1.77 bits per heavy atom. The Kier molecular flexibility index (Phi) is 7.67. The molecule has 2 aliphatic rings. The number of hydrogen-bond donors (Lipinski definition) is 2. The van der Waals surface area contributed by atoms with E-state index in [0.29, 0.717) is 25.9 Å². The van der Waals surface area contributed by atoms with E-state index in [1.807, 2.05) is 4.90 Å². The summed E-state index contributed by atoms with van der Waals surface area (Å²) < 4.78 is 44.7. The van der Waals surface area contributed by atoms with Crippen LogP contribution in [0.5, 0.6) is 5.75 Å². The smallest absolute Gasteiger partial charge is 0.416 e. The van der Waals surface area contributed by atoms with E-state index in [4.69, 9.17) is 4.74 Å². The van der Waals surface area contributed by atoms with Crippen LogP contribution in [0.4, 0.5) is 18.0 Å². The maximum atomic E-state index is 13.3. The highest BCUT2D eigenvalue weighted by atomic mass is 19.4. The van der Waals surface area contributed by atoms with Crippen LogP contribution in [0.3, 0.4) is 0 Å². The first-order chi connectivity index (χ1) is 14.8. The predicted octanol–water partition coefficient (Wildman–Crippen LogP) is 4.08. The average molecular weight is 441 g/mol. The number of likely N-dealkylation sites (tertiary alicyclic amines) is 1. The van der Waals surface area contributed by atoms with Crippen LogP contribution in [0.2, 0.25) is 0 Å². The topological polar surface area (TPSA) is 70.7 Å². The van der Waals surface area contributed by atoms with Crippen molar-refractivity contribution in [3.05, 3.63) is 29.3 Å². The van der Waals surface area contributed by atoms with E-state index >= 15 is 0 Å². The molecule has 172 valence electrons. The third-order valence-electron chi connectivity index (χ3n) is 6.16. The minimum Gasteiger partial charge on any atom is -0.497 e. The lowest BCUT2D eigenvalue weighted by molar-refractivity contribution is -0.138. The number of carbonyl (C=O) groups excluding carboxylic acids is 2. The van der Waals surface area contributed by atoms with E-state index in [0.717, 1.165) is 31.7 Å². The van der Waals surface area contributed by atoms with Crippen molar-refractivity contribution in [1.29, 1.82) is 0 Å². The second kappa shape index (κ2) is 10.2. The summed E-state index contributed by atoms with van der Waals surface area (Å²) >= 11 is 0. The number of alkyl halides is 3. The first-order valence-corrected chi connectivity index (χ1v) is 10.8. The maximum absolute atomic E-state index is 13.3. The van der Waals surface area contributed by atoms with Crippen molar-refractivity contribution >= 4 is 11.9 Å². The predicted molar refractivity (Wildman–Crippen MR) is 110 cm³/mol. The molecule has 1 saturated heterocycles. The van der Waals surface area contributed by atoms with E-state index in [9.17, 15) is 22.8 Å².